The first kappa shape index (κ1) is 27.9. The van der Waals surface area contributed by atoms with Gasteiger partial charge in [-0.1, -0.05) is 20.8 Å². The van der Waals surface area contributed by atoms with E-state index in [9.17, 15) is 33.3 Å². The van der Waals surface area contributed by atoms with Crippen LogP contribution < -0.4 is 5.32 Å². The van der Waals surface area contributed by atoms with Crippen molar-refractivity contribution >= 4 is 28.9 Å². The first-order valence-electron chi connectivity index (χ1n) is 12.1. The highest BCUT2D eigenvalue weighted by molar-refractivity contribution is 7.15. The maximum atomic E-state index is 13.1. The molecule has 4 N–H and O–H groups in total. The van der Waals surface area contributed by atoms with Crippen LogP contribution >= 0.6 is 11.3 Å². The molecule has 1 fully saturated rings. The molecule has 1 aliphatic rings. The highest BCUT2D eigenvalue weighted by atomic mass is 32.1. The first-order valence-corrected chi connectivity index (χ1v) is 12.9. The third-order valence-electron chi connectivity index (χ3n) is 7.02. The van der Waals surface area contributed by atoms with Gasteiger partial charge in [-0.3, -0.25) is 4.79 Å². The van der Waals surface area contributed by atoms with Gasteiger partial charge in [0.25, 0.3) is 0 Å². The number of thiazole rings is 1. The average Bonchev–Trinajstić information content (AvgIpc) is 3.33. The number of aromatic nitrogens is 3. The zero-order valence-corrected chi connectivity index (χ0v) is 21.9. The number of carboxylic acid groups (broad SMARTS) is 1. The van der Waals surface area contributed by atoms with Gasteiger partial charge in [0.1, 0.15) is 16.3 Å². The van der Waals surface area contributed by atoms with Crippen molar-refractivity contribution < 1.29 is 33.3 Å². The molecule has 0 amide bonds. The van der Waals surface area contributed by atoms with Gasteiger partial charge >= 0.3 is 12.1 Å². The fraction of sp³-hybridized carbons (Fsp3) is 0.462. The summed E-state index contributed by atoms with van der Waals surface area (Å²) >= 11 is 1.27. The van der Waals surface area contributed by atoms with Gasteiger partial charge in [0.2, 0.25) is 5.95 Å². The number of aliphatic carboxylic acids is 1. The van der Waals surface area contributed by atoms with E-state index in [-0.39, 0.29) is 31.3 Å². The number of aliphatic hydroxyl groups excluding tert-OH is 1. The third-order valence-corrected chi connectivity index (χ3v) is 8.26. The molecule has 4 rings (SSSR count). The largest absolute Gasteiger partial charge is 0.481 e. The van der Waals surface area contributed by atoms with Gasteiger partial charge in [-0.25, -0.2) is 15.0 Å². The molecule has 0 radical (unpaired) electrons. The monoisotopic (exact) mass is 550 g/mol. The Morgan fingerprint density at radius 1 is 1.26 bits per heavy atom. The molecule has 3 unspecified atom stereocenters. The molecule has 38 heavy (non-hydrogen) atoms. The highest BCUT2D eigenvalue weighted by Gasteiger charge is 2.49. The van der Waals surface area contributed by atoms with Crippen LogP contribution in [0.1, 0.15) is 62.2 Å². The van der Waals surface area contributed by atoms with Crippen LogP contribution in [0.15, 0.2) is 36.7 Å². The molecule has 0 bridgehead atoms. The fourth-order valence-corrected chi connectivity index (χ4v) is 5.98. The molecule has 8 nitrogen and oxygen atoms in total. The number of hydrogen-bond donors (Lipinski definition) is 4. The third kappa shape index (κ3) is 5.82. The van der Waals surface area contributed by atoms with Crippen molar-refractivity contribution in [3.63, 3.8) is 0 Å². The highest BCUT2D eigenvalue weighted by Crippen LogP contribution is 2.51. The normalized spacial score (nSPS) is 22.2. The lowest BCUT2D eigenvalue weighted by molar-refractivity contribution is -0.154. The second-order valence-electron chi connectivity index (χ2n) is 10.5. The molecule has 204 valence electrons. The van der Waals surface area contributed by atoms with Gasteiger partial charge in [-0.15, -0.1) is 11.3 Å². The predicted molar refractivity (Wildman–Crippen MR) is 136 cm³/mol. The van der Waals surface area contributed by atoms with Crippen molar-refractivity contribution in [2.45, 2.75) is 57.7 Å². The molecular weight excluding hydrogens is 521 g/mol. The lowest BCUT2D eigenvalue weighted by atomic mass is 9.63. The maximum absolute atomic E-state index is 13.1. The minimum atomic E-state index is -4.62. The Bertz CT molecular complexity index is 1330. The van der Waals surface area contributed by atoms with E-state index >= 15 is 0 Å². The maximum Gasteiger partial charge on any atom is 0.433 e. The second kappa shape index (κ2) is 10.2. The molecule has 2 aromatic heterocycles. The van der Waals surface area contributed by atoms with Crippen LogP contribution in [0.2, 0.25) is 0 Å². The fourth-order valence-electron chi connectivity index (χ4n) is 4.96. The molecule has 2 heterocycles. The zero-order chi connectivity index (χ0) is 27.9. The summed E-state index contributed by atoms with van der Waals surface area (Å²) < 4.78 is 39.3. The summed E-state index contributed by atoms with van der Waals surface area (Å²) in [6.07, 6.45) is -1.15. The predicted octanol–water partition coefficient (Wildman–Crippen LogP) is 5.56. The summed E-state index contributed by atoms with van der Waals surface area (Å²) in [6.45, 7) is 5.33. The standard InChI is InChI=1S/C26H29F3N4O4S/c1-14(12-34)15-8-16(10-17(9-15)32-23-30-7-5-20(33-23)26(27,28)29)19-11-31-22(38-19)25(37)6-4-18(21(35)36)24(2,3)13-25/h5,7-11,14,18,34,37H,4,6,12-13H2,1-3H3,(H,35,36)(H,30,32,33). The van der Waals surface area contributed by atoms with Gasteiger partial charge in [0.05, 0.1) is 10.8 Å². The van der Waals surface area contributed by atoms with Crippen molar-refractivity contribution in [3.8, 4) is 10.4 Å². The summed E-state index contributed by atoms with van der Waals surface area (Å²) in [6, 6.07) is 6.06. The molecule has 0 spiro atoms. The van der Waals surface area contributed by atoms with E-state index in [0.717, 1.165) is 17.8 Å². The van der Waals surface area contributed by atoms with Crippen LogP contribution in [0.5, 0.6) is 0 Å². The lowest BCUT2D eigenvalue weighted by Crippen LogP contribution is -2.44. The Labute approximate surface area is 221 Å². The zero-order valence-electron chi connectivity index (χ0n) is 21.1. The van der Waals surface area contributed by atoms with Crippen molar-refractivity contribution in [1.29, 1.82) is 0 Å². The number of carbonyl (C=O) groups is 1. The Hall–Kier alpha value is -3.09. The van der Waals surface area contributed by atoms with Gasteiger partial charge < -0.3 is 20.6 Å². The van der Waals surface area contributed by atoms with Crippen LogP contribution in [0.4, 0.5) is 24.8 Å². The van der Waals surface area contributed by atoms with E-state index in [2.05, 4.69) is 20.3 Å². The lowest BCUT2D eigenvalue weighted by Gasteiger charge is -2.44. The molecule has 1 saturated carbocycles. The van der Waals surface area contributed by atoms with E-state index in [4.69, 9.17) is 0 Å². The van der Waals surface area contributed by atoms with Crippen molar-refractivity contribution in [2.75, 3.05) is 11.9 Å². The van der Waals surface area contributed by atoms with Crippen LogP contribution in [0.25, 0.3) is 10.4 Å². The SMILES string of the molecule is CC(CO)c1cc(Nc2nccc(C(F)(F)F)n2)cc(-c2cnc(C3(O)CCC(C(=O)O)C(C)(C)C3)s2)c1. The molecule has 1 aromatic carbocycles. The van der Waals surface area contributed by atoms with Crippen LogP contribution in [0.3, 0.4) is 0 Å². The number of rotatable bonds is 7. The minimum Gasteiger partial charge on any atom is -0.481 e. The smallest absolute Gasteiger partial charge is 0.433 e. The summed E-state index contributed by atoms with van der Waals surface area (Å²) in [5.41, 5.74) is -1.14. The summed E-state index contributed by atoms with van der Waals surface area (Å²) in [4.78, 5) is 24.3. The Morgan fingerprint density at radius 3 is 2.63 bits per heavy atom. The van der Waals surface area contributed by atoms with Crippen molar-refractivity contribution in [3.05, 3.63) is 52.9 Å². The molecule has 3 aromatic rings. The number of alkyl halides is 3. The Morgan fingerprint density at radius 2 is 2.00 bits per heavy atom. The molecule has 12 heteroatoms. The average molecular weight is 551 g/mol. The van der Waals surface area contributed by atoms with E-state index in [1.807, 2.05) is 26.8 Å². The number of benzene rings is 1. The van der Waals surface area contributed by atoms with E-state index in [1.165, 1.54) is 11.3 Å². The summed E-state index contributed by atoms with van der Waals surface area (Å²) in [7, 11) is 0. The van der Waals surface area contributed by atoms with Gasteiger partial charge in [-0.05, 0) is 60.1 Å². The molecule has 3 atom stereocenters. The van der Waals surface area contributed by atoms with Crippen molar-refractivity contribution in [2.24, 2.45) is 11.3 Å². The van der Waals surface area contributed by atoms with E-state index < -0.39 is 34.8 Å². The number of nitrogens with one attached hydrogen (secondary N) is 1. The van der Waals surface area contributed by atoms with Crippen molar-refractivity contribution in [1.82, 2.24) is 15.0 Å². The quantitative estimate of drug-likeness (QED) is 0.301. The number of aliphatic hydroxyl groups is 2. The van der Waals surface area contributed by atoms with Gasteiger partial charge in [-0.2, -0.15) is 13.2 Å². The Balaban J connectivity index is 1.67. The van der Waals surface area contributed by atoms with E-state index in [1.54, 1.807) is 18.3 Å². The number of carboxylic acids is 1. The first-order chi connectivity index (χ1) is 17.7. The number of hydrogen-bond acceptors (Lipinski definition) is 8. The topological polar surface area (TPSA) is 128 Å². The number of nitrogens with zero attached hydrogens (tertiary/aromatic N) is 3. The summed E-state index contributed by atoms with van der Waals surface area (Å²) in [5, 5.41) is 34.0. The van der Waals surface area contributed by atoms with Gasteiger partial charge in [0.15, 0.2) is 0 Å². The number of halogens is 3. The molecule has 0 saturated heterocycles. The van der Waals surface area contributed by atoms with Crippen LogP contribution in [-0.4, -0.2) is 42.8 Å². The Kier molecular flexibility index (Phi) is 7.52. The molecule has 0 aliphatic heterocycles. The van der Waals surface area contributed by atoms with E-state index in [0.29, 0.717) is 27.6 Å². The van der Waals surface area contributed by atoms with Gasteiger partial charge in [0, 0.05) is 30.6 Å². The summed E-state index contributed by atoms with van der Waals surface area (Å²) in [5.74, 6) is -1.93. The number of anilines is 2. The molecular formula is C26H29F3N4O4S. The van der Waals surface area contributed by atoms with Crippen LogP contribution in [0, 0.1) is 11.3 Å². The second-order valence-corrected chi connectivity index (χ2v) is 11.5. The molecule has 1 aliphatic carbocycles. The van der Waals surface area contributed by atoms with Crippen LogP contribution in [-0.2, 0) is 16.6 Å². The minimum absolute atomic E-state index is 0.142.